The molecule has 0 aliphatic carbocycles. The Morgan fingerprint density at radius 1 is 1.89 bits per heavy atom. The Balaban J connectivity index is 2.69. The fourth-order valence-corrected chi connectivity index (χ4v) is 0.510. The molecule has 0 unspecified atom stereocenters. The standard InChI is InChI=1S/C5H6N2O2/c8-5(9)4-2-1-3-6-7-4/h1-2,6H,3H2,(H,8,9). The summed E-state index contributed by atoms with van der Waals surface area (Å²) in [7, 11) is 0. The van der Waals surface area contributed by atoms with E-state index in [9.17, 15) is 4.79 Å². The van der Waals surface area contributed by atoms with E-state index in [1.54, 1.807) is 6.08 Å². The lowest BCUT2D eigenvalue weighted by Gasteiger charge is -2.01. The topological polar surface area (TPSA) is 61.7 Å². The number of carbonyl (C=O) groups is 1. The third kappa shape index (κ3) is 1.28. The highest BCUT2D eigenvalue weighted by Crippen LogP contribution is 1.86. The highest BCUT2D eigenvalue weighted by molar-refractivity contribution is 6.40. The van der Waals surface area contributed by atoms with E-state index < -0.39 is 5.97 Å². The molecule has 9 heavy (non-hydrogen) atoms. The van der Waals surface area contributed by atoms with Crippen LogP contribution < -0.4 is 5.43 Å². The van der Waals surface area contributed by atoms with Crippen LogP contribution >= 0.6 is 0 Å². The van der Waals surface area contributed by atoms with Crippen molar-refractivity contribution in [3.63, 3.8) is 0 Å². The summed E-state index contributed by atoms with van der Waals surface area (Å²) in [6.45, 7) is 0.608. The number of nitrogens with one attached hydrogen (secondary N) is 1. The highest BCUT2D eigenvalue weighted by Gasteiger charge is 2.05. The minimum Gasteiger partial charge on any atom is -0.476 e. The second-order valence-corrected chi connectivity index (χ2v) is 1.57. The van der Waals surface area contributed by atoms with Crippen LogP contribution in [-0.4, -0.2) is 23.3 Å². The van der Waals surface area contributed by atoms with Gasteiger partial charge in [-0.2, -0.15) is 5.10 Å². The van der Waals surface area contributed by atoms with Crippen molar-refractivity contribution in [1.82, 2.24) is 5.43 Å². The molecular formula is C5H6N2O2. The van der Waals surface area contributed by atoms with Gasteiger partial charge in [0.05, 0.1) is 6.54 Å². The lowest BCUT2D eigenvalue weighted by atomic mass is 10.3. The minimum absolute atomic E-state index is 0.0567. The number of hydrazone groups is 1. The molecule has 0 saturated carbocycles. The van der Waals surface area contributed by atoms with E-state index in [4.69, 9.17) is 5.11 Å². The maximum atomic E-state index is 10.1. The van der Waals surface area contributed by atoms with Crippen molar-refractivity contribution in [1.29, 1.82) is 0 Å². The predicted octanol–water partition coefficient (Wildman–Crippen LogP) is -0.414. The normalized spacial score (nSPS) is 16.2. The average Bonchev–Trinajstić information content (AvgIpc) is 1.90. The number of hydrogen-bond acceptors (Lipinski definition) is 3. The fourth-order valence-electron chi connectivity index (χ4n) is 0.510. The second-order valence-electron chi connectivity index (χ2n) is 1.57. The van der Waals surface area contributed by atoms with Gasteiger partial charge in [-0.15, -0.1) is 0 Å². The molecule has 4 heteroatoms. The van der Waals surface area contributed by atoms with Crippen LogP contribution in [0.2, 0.25) is 0 Å². The molecule has 4 nitrogen and oxygen atoms in total. The van der Waals surface area contributed by atoms with Gasteiger partial charge in [-0.25, -0.2) is 4.79 Å². The van der Waals surface area contributed by atoms with Gasteiger partial charge in [0.25, 0.3) is 0 Å². The van der Waals surface area contributed by atoms with Crippen LogP contribution in [0.5, 0.6) is 0 Å². The molecule has 0 saturated heterocycles. The summed E-state index contributed by atoms with van der Waals surface area (Å²) in [6, 6.07) is 0. The highest BCUT2D eigenvalue weighted by atomic mass is 16.4. The third-order valence-electron chi connectivity index (χ3n) is 0.903. The van der Waals surface area contributed by atoms with Crippen molar-refractivity contribution in [2.75, 3.05) is 6.54 Å². The zero-order valence-corrected chi connectivity index (χ0v) is 4.66. The molecule has 0 fully saturated rings. The molecule has 0 aromatic heterocycles. The van der Waals surface area contributed by atoms with Gasteiger partial charge in [0, 0.05) is 0 Å². The number of carboxylic acids is 1. The van der Waals surface area contributed by atoms with Gasteiger partial charge in [0.2, 0.25) is 0 Å². The van der Waals surface area contributed by atoms with Gasteiger partial charge in [0.1, 0.15) is 0 Å². The Kier molecular flexibility index (Phi) is 1.48. The molecule has 0 aromatic carbocycles. The van der Waals surface area contributed by atoms with Gasteiger partial charge >= 0.3 is 5.97 Å². The van der Waals surface area contributed by atoms with E-state index in [-0.39, 0.29) is 5.71 Å². The first kappa shape index (κ1) is 5.81. The van der Waals surface area contributed by atoms with Gasteiger partial charge in [0.15, 0.2) is 5.71 Å². The SMILES string of the molecule is O=C(O)C1=NNCC=C1. The minimum atomic E-state index is -1.00. The van der Waals surface area contributed by atoms with E-state index in [0.717, 1.165) is 0 Å². The Bertz CT molecular complexity index is 183. The van der Waals surface area contributed by atoms with E-state index in [1.165, 1.54) is 6.08 Å². The maximum Gasteiger partial charge on any atom is 0.356 e. The number of rotatable bonds is 1. The zero-order chi connectivity index (χ0) is 6.69. The van der Waals surface area contributed by atoms with Gasteiger partial charge in [-0.3, -0.25) is 0 Å². The molecule has 48 valence electrons. The molecular weight excluding hydrogens is 120 g/mol. The molecule has 1 aliphatic rings. The molecule has 0 bridgehead atoms. The van der Waals surface area contributed by atoms with Crippen LogP contribution in [0.15, 0.2) is 17.3 Å². The maximum absolute atomic E-state index is 10.1. The van der Waals surface area contributed by atoms with Crippen LogP contribution in [0.4, 0.5) is 0 Å². The lowest BCUT2D eigenvalue weighted by Crippen LogP contribution is -2.20. The number of carboxylic acid groups (broad SMARTS) is 1. The summed E-state index contributed by atoms with van der Waals surface area (Å²) in [5.74, 6) is -1.00. The summed E-state index contributed by atoms with van der Waals surface area (Å²) in [5.41, 5.74) is 2.59. The van der Waals surface area contributed by atoms with Crippen molar-refractivity contribution >= 4 is 11.7 Å². The molecule has 2 N–H and O–H groups in total. The van der Waals surface area contributed by atoms with Crippen LogP contribution in [0, 0.1) is 0 Å². The van der Waals surface area contributed by atoms with Crippen molar-refractivity contribution in [2.24, 2.45) is 5.10 Å². The zero-order valence-electron chi connectivity index (χ0n) is 4.66. The summed E-state index contributed by atoms with van der Waals surface area (Å²) in [6.07, 6.45) is 3.18. The molecule has 1 rings (SSSR count). The monoisotopic (exact) mass is 126 g/mol. The Labute approximate surface area is 51.9 Å². The molecule has 0 amide bonds. The summed E-state index contributed by atoms with van der Waals surface area (Å²) in [5, 5.41) is 11.8. The van der Waals surface area contributed by atoms with Gasteiger partial charge < -0.3 is 10.5 Å². The largest absolute Gasteiger partial charge is 0.476 e. The van der Waals surface area contributed by atoms with E-state index in [2.05, 4.69) is 10.5 Å². The first-order valence-corrected chi connectivity index (χ1v) is 2.51. The van der Waals surface area contributed by atoms with Crippen molar-refractivity contribution in [3.8, 4) is 0 Å². The van der Waals surface area contributed by atoms with Crippen LogP contribution in [0.3, 0.4) is 0 Å². The molecule has 0 spiro atoms. The number of hydrogen-bond donors (Lipinski definition) is 2. The molecule has 1 aliphatic heterocycles. The van der Waals surface area contributed by atoms with E-state index >= 15 is 0 Å². The third-order valence-corrected chi connectivity index (χ3v) is 0.903. The first-order chi connectivity index (χ1) is 4.30. The van der Waals surface area contributed by atoms with E-state index in [1.807, 2.05) is 0 Å². The smallest absolute Gasteiger partial charge is 0.356 e. The van der Waals surface area contributed by atoms with Crippen LogP contribution in [0.25, 0.3) is 0 Å². The quantitative estimate of drug-likeness (QED) is 0.502. The Morgan fingerprint density at radius 3 is 3.00 bits per heavy atom. The lowest BCUT2D eigenvalue weighted by molar-refractivity contribution is -0.129. The summed E-state index contributed by atoms with van der Waals surface area (Å²) >= 11 is 0. The average molecular weight is 126 g/mol. The van der Waals surface area contributed by atoms with Gasteiger partial charge in [-0.05, 0) is 6.08 Å². The Morgan fingerprint density at radius 2 is 2.67 bits per heavy atom. The van der Waals surface area contributed by atoms with Crippen molar-refractivity contribution < 1.29 is 9.90 Å². The van der Waals surface area contributed by atoms with Crippen LogP contribution in [0.1, 0.15) is 0 Å². The predicted molar refractivity (Wildman–Crippen MR) is 32.2 cm³/mol. The van der Waals surface area contributed by atoms with Crippen molar-refractivity contribution in [3.05, 3.63) is 12.2 Å². The number of aliphatic carboxylic acids is 1. The Hall–Kier alpha value is -1.32. The second kappa shape index (κ2) is 2.30. The first-order valence-electron chi connectivity index (χ1n) is 2.51. The molecule has 0 atom stereocenters. The summed E-state index contributed by atoms with van der Waals surface area (Å²) in [4.78, 5) is 10.1. The number of nitrogens with zero attached hydrogens (tertiary/aromatic N) is 1. The molecule has 0 radical (unpaired) electrons. The van der Waals surface area contributed by atoms with E-state index in [0.29, 0.717) is 6.54 Å². The van der Waals surface area contributed by atoms with Gasteiger partial charge in [-0.1, -0.05) is 6.08 Å². The molecule has 1 heterocycles. The van der Waals surface area contributed by atoms with Crippen LogP contribution in [-0.2, 0) is 4.79 Å². The van der Waals surface area contributed by atoms with Crippen molar-refractivity contribution in [2.45, 2.75) is 0 Å². The summed E-state index contributed by atoms with van der Waals surface area (Å²) < 4.78 is 0. The molecule has 0 aromatic rings. The fraction of sp³-hybridized carbons (Fsp3) is 0.200.